The van der Waals surface area contributed by atoms with Crippen LogP contribution in [-0.4, -0.2) is 33.6 Å². The highest BCUT2D eigenvalue weighted by atomic mass is 79.9. The molecule has 1 fully saturated rings. The molecule has 1 heterocycles. The number of nitrogens with one attached hydrogen (secondary N) is 1. The number of thioether (sulfide) groups is 1. The van der Waals surface area contributed by atoms with Gasteiger partial charge in [0.25, 0.3) is 0 Å². The average molecular weight is 523 g/mol. The normalized spacial score (nSPS) is 17.1. The third-order valence-corrected chi connectivity index (χ3v) is 6.35. The van der Waals surface area contributed by atoms with Crippen molar-refractivity contribution < 1.29 is 14.7 Å². The van der Waals surface area contributed by atoms with Crippen LogP contribution >= 0.6 is 27.7 Å². The molecule has 0 radical (unpaired) electrons. The molecule has 0 aliphatic carbocycles. The number of rotatable bonds is 6. The second kappa shape index (κ2) is 10.5. The van der Waals surface area contributed by atoms with Gasteiger partial charge in [-0.25, -0.2) is 0 Å². The maximum absolute atomic E-state index is 13.2. The van der Waals surface area contributed by atoms with E-state index in [4.69, 9.17) is 0 Å². The van der Waals surface area contributed by atoms with Gasteiger partial charge in [-0.2, -0.15) is 5.10 Å². The number of nitrogens with zero attached hydrogens (tertiary/aromatic N) is 3. The SMILES string of the molecule is O=C(C[C@@H]1S/C(=N/N=C\c2ccccc2)N(c2ccc(O)cc2)C1=O)Nc1ccc(Br)cc1. The van der Waals surface area contributed by atoms with Gasteiger partial charge in [0.1, 0.15) is 11.0 Å². The van der Waals surface area contributed by atoms with Gasteiger partial charge in [-0.3, -0.25) is 14.5 Å². The first-order valence-electron chi connectivity index (χ1n) is 10.0. The van der Waals surface area contributed by atoms with E-state index in [-0.39, 0.29) is 24.0 Å². The van der Waals surface area contributed by atoms with Gasteiger partial charge < -0.3 is 10.4 Å². The summed E-state index contributed by atoms with van der Waals surface area (Å²) < 4.78 is 0.906. The van der Waals surface area contributed by atoms with E-state index >= 15 is 0 Å². The van der Waals surface area contributed by atoms with Crippen molar-refractivity contribution in [2.24, 2.45) is 10.2 Å². The van der Waals surface area contributed by atoms with E-state index in [1.54, 1.807) is 30.5 Å². The third kappa shape index (κ3) is 5.88. The van der Waals surface area contributed by atoms with Crippen LogP contribution in [0.15, 0.2) is 93.5 Å². The zero-order valence-electron chi connectivity index (χ0n) is 17.3. The van der Waals surface area contributed by atoms with E-state index in [0.29, 0.717) is 16.5 Å². The summed E-state index contributed by atoms with van der Waals surface area (Å²) in [5.41, 5.74) is 2.06. The molecule has 7 nitrogen and oxygen atoms in total. The topological polar surface area (TPSA) is 94.4 Å². The summed E-state index contributed by atoms with van der Waals surface area (Å²) in [6.07, 6.45) is 1.58. The maximum atomic E-state index is 13.2. The smallest absolute Gasteiger partial charge is 0.247 e. The van der Waals surface area contributed by atoms with Gasteiger partial charge in [0, 0.05) is 16.6 Å². The van der Waals surface area contributed by atoms with Gasteiger partial charge in [0.15, 0.2) is 5.17 Å². The molecule has 33 heavy (non-hydrogen) atoms. The molecule has 1 aliphatic heterocycles. The predicted molar refractivity (Wildman–Crippen MR) is 136 cm³/mol. The summed E-state index contributed by atoms with van der Waals surface area (Å²) in [6.45, 7) is 0. The van der Waals surface area contributed by atoms with Crippen LogP contribution in [0.1, 0.15) is 12.0 Å². The number of phenols is 1. The van der Waals surface area contributed by atoms with Crippen LogP contribution < -0.4 is 10.2 Å². The van der Waals surface area contributed by atoms with Gasteiger partial charge >= 0.3 is 0 Å². The highest BCUT2D eigenvalue weighted by molar-refractivity contribution is 9.10. The van der Waals surface area contributed by atoms with Crippen LogP contribution in [0.5, 0.6) is 5.75 Å². The molecular formula is C24H19BrN4O3S. The Bertz CT molecular complexity index is 1200. The van der Waals surface area contributed by atoms with Crippen LogP contribution in [0.2, 0.25) is 0 Å². The van der Waals surface area contributed by atoms with E-state index in [9.17, 15) is 14.7 Å². The van der Waals surface area contributed by atoms with E-state index < -0.39 is 5.25 Å². The molecule has 3 aromatic rings. The summed E-state index contributed by atoms with van der Waals surface area (Å²) >= 11 is 4.54. The van der Waals surface area contributed by atoms with Crippen molar-refractivity contribution in [3.8, 4) is 5.75 Å². The van der Waals surface area contributed by atoms with Crippen LogP contribution in [0.25, 0.3) is 0 Å². The molecule has 166 valence electrons. The first kappa shape index (κ1) is 22.8. The first-order valence-corrected chi connectivity index (χ1v) is 11.7. The number of amides is 2. The van der Waals surface area contributed by atoms with Gasteiger partial charge in [0.05, 0.1) is 11.9 Å². The van der Waals surface area contributed by atoms with Gasteiger partial charge in [-0.1, -0.05) is 58.0 Å². The van der Waals surface area contributed by atoms with E-state index in [0.717, 1.165) is 10.0 Å². The highest BCUT2D eigenvalue weighted by Gasteiger charge is 2.40. The Hall–Kier alpha value is -3.43. The molecule has 0 unspecified atom stereocenters. The minimum Gasteiger partial charge on any atom is -0.508 e. The molecule has 0 aromatic heterocycles. The second-order valence-corrected chi connectivity index (χ2v) is 9.18. The van der Waals surface area contributed by atoms with E-state index in [1.165, 1.54) is 28.8 Å². The number of amidine groups is 1. The van der Waals surface area contributed by atoms with Crippen LogP contribution in [0.4, 0.5) is 11.4 Å². The Morgan fingerprint density at radius 2 is 1.76 bits per heavy atom. The fourth-order valence-corrected chi connectivity index (χ4v) is 4.46. The molecule has 1 aliphatic rings. The predicted octanol–water partition coefficient (Wildman–Crippen LogP) is 5.02. The van der Waals surface area contributed by atoms with Gasteiger partial charge in [-0.05, 0) is 54.1 Å². The number of halogens is 1. The Morgan fingerprint density at radius 1 is 1.06 bits per heavy atom. The van der Waals surface area contributed by atoms with Gasteiger partial charge in [-0.15, -0.1) is 5.10 Å². The molecule has 3 aromatic carbocycles. The molecule has 0 spiro atoms. The van der Waals surface area contributed by atoms with Crippen molar-refractivity contribution in [2.75, 3.05) is 10.2 Å². The second-order valence-electron chi connectivity index (χ2n) is 7.09. The van der Waals surface area contributed by atoms with E-state index in [1.807, 2.05) is 42.5 Å². The van der Waals surface area contributed by atoms with E-state index in [2.05, 4.69) is 31.4 Å². The lowest BCUT2D eigenvalue weighted by molar-refractivity contribution is -0.121. The molecule has 1 saturated heterocycles. The number of phenolic OH excluding ortho intramolecular Hbond substituents is 1. The van der Waals surface area contributed by atoms with Crippen LogP contribution in [-0.2, 0) is 9.59 Å². The highest BCUT2D eigenvalue weighted by Crippen LogP contribution is 2.34. The number of benzene rings is 3. The van der Waals surface area contributed by atoms with Crippen molar-refractivity contribution in [1.82, 2.24) is 0 Å². The number of hydrogen-bond donors (Lipinski definition) is 2. The minimum absolute atomic E-state index is 0.0183. The summed E-state index contributed by atoms with van der Waals surface area (Å²) in [5.74, 6) is -0.461. The maximum Gasteiger partial charge on any atom is 0.247 e. The summed E-state index contributed by atoms with van der Waals surface area (Å²) in [6, 6.07) is 22.9. The average Bonchev–Trinajstić information content (AvgIpc) is 3.11. The molecule has 0 saturated carbocycles. The van der Waals surface area contributed by atoms with Crippen molar-refractivity contribution >= 4 is 62.3 Å². The number of anilines is 2. The largest absolute Gasteiger partial charge is 0.508 e. The van der Waals surface area contributed by atoms with Crippen LogP contribution in [0, 0.1) is 0 Å². The molecule has 4 rings (SSSR count). The summed E-state index contributed by atoms with van der Waals surface area (Å²) in [4.78, 5) is 27.2. The molecule has 1 atom stereocenters. The number of hydrogen-bond acceptors (Lipinski definition) is 6. The fraction of sp³-hybridized carbons (Fsp3) is 0.0833. The Labute approximate surface area is 203 Å². The molecule has 2 amide bonds. The number of aromatic hydroxyl groups is 1. The number of carbonyl (C=O) groups excluding carboxylic acids is 2. The lowest BCUT2D eigenvalue weighted by Gasteiger charge is -2.15. The Balaban J connectivity index is 1.53. The molecule has 9 heteroatoms. The first-order chi connectivity index (χ1) is 16.0. The lowest BCUT2D eigenvalue weighted by atomic mass is 10.2. The standard InChI is InChI=1S/C24H19BrN4O3S/c25-17-6-8-18(9-7-17)27-22(31)14-21-23(32)29(19-10-12-20(30)13-11-19)24(33-21)28-26-15-16-4-2-1-3-5-16/h1-13,15,21,30H,14H2,(H,27,31)/b26-15-,28-24+/t21-/m0/s1. The molecule has 0 bridgehead atoms. The van der Waals surface area contributed by atoms with Crippen molar-refractivity contribution in [3.63, 3.8) is 0 Å². The zero-order valence-corrected chi connectivity index (χ0v) is 19.7. The monoisotopic (exact) mass is 522 g/mol. The fourth-order valence-electron chi connectivity index (χ4n) is 3.10. The third-order valence-electron chi connectivity index (χ3n) is 4.69. The van der Waals surface area contributed by atoms with Crippen LogP contribution in [0.3, 0.4) is 0 Å². The van der Waals surface area contributed by atoms with Crippen molar-refractivity contribution in [3.05, 3.63) is 88.9 Å². The quantitative estimate of drug-likeness (QED) is 0.351. The Kier molecular flexibility index (Phi) is 7.21. The molecular weight excluding hydrogens is 504 g/mol. The summed E-state index contributed by atoms with van der Waals surface area (Å²) in [5, 5.41) is 20.5. The number of carbonyl (C=O) groups is 2. The Morgan fingerprint density at radius 3 is 2.45 bits per heavy atom. The van der Waals surface area contributed by atoms with Gasteiger partial charge in [0.2, 0.25) is 11.8 Å². The minimum atomic E-state index is -0.653. The van der Waals surface area contributed by atoms with Crippen molar-refractivity contribution in [1.29, 1.82) is 0 Å². The molecule has 2 N–H and O–H groups in total. The van der Waals surface area contributed by atoms with Crippen molar-refractivity contribution in [2.45, 2.75) is 11.7 Å². The summed E-state index contributed by atoms with van der Waals surface area (Å²) in [7, 11) is 0. The zero-order chi connectivity index (χ0) is 23.2. The lowest BCUT2D eigenvalue weighted by Crippen LogP contribution is -2.33.